The maximum atomic E-state index is 5.37. The molecule has 1 aliphatic rings. The molecule has 17 heavy (non-hydrogen) atoms. The lowest BCUT2D eigenvalue weighted by Crippen LogP contribution is -2.04. The number of aromatic nitrogens is 3. The van der Waals surface area contributed by atoms with Gasteiger partial charge in [0, 0.05) is 17.2 Å². The number of hydrogen-bond donors (Lipinski definition) is 1. The van der Waals surface area contributed by atoms with Crippen molar-refractivity contribution in [2.45, 2.75) is 26.8 Å². The molecule has 90 valence electrons. The Morgan fingerprint density at radius 1 is 1.65 bits per heavy atom. The quantitative estimate of drug-likeness (QED) is 0.853. The summed E-state index contributed by atoms with van der Waals surface area (Å²) in [6, 6.07) is 2.02. The number of hydrogen-bond acceptors (Lipinski definition) is 2. The standard InChI is InChI=1S/C12H14BrN3S/c1-12(2)4-7(12)6-16-10-9(15-11(16)17)3-8(13)5-14-10/h3,5,7H,4,6H2,1-2H3,(H,15,17). The molecule has 2 aromatic rings. The first-order valence-electron chi connectivity index (χ1n) is 5.71. The largest absolute Gasteiger partial charge is 0.329 e. The van der Waals surface area contributed by atoms with E-state index in [0.717, 1.165) is 32.9 Å². The molecule has 0 saturated heterocycles. The van der Waals surface area contributed by atoms with Crippen molar-refractivity contribution in [3.05, 3.63) is 21.5 Å². The summed E-state index contributed by atoms with van der Waals surface area (Å²) < 4.78 is 3.87. The number of nitrogens with zero attached hydrogens (tertiary/aromatic N) is 2. The molecular weight excluding hydrogens is 298 g/mol. The summed E-state index contributed by atoms with van der Waals surface area (Å²) in [6.07, 6.45) is 3.09. The zero-order valence-corrected chi connectivity index (χ0v) is 12.2. The van der Waals surface area contributed by atoms with E-state index in [0.29, 0.717) is 5.41 Å². The topological polar surface area (TPSA) is 33.6 Å². The average molecular weight is 312 g/mol. The van der Waals surface area contributed by atoms with E-state index in [4.69, 9.17) is 12.2 Å². The third kappa shape index (κ3) is 1.95. The Morgan fingerprint density at radius 3 is 3.00 bits per heavy atom. The van der Waals surface area contributed by atoms with Gasteiger partial charge in [0.25, 0.3) is 0 Å². The second-order valence-electron chi connectivity index (χ2n) is 5.46. The number of aromatic amines is 1. The molecule has 1 aliphatic carbocycles. The lowest BCUT2D eigenvalue weighted by atomic mass is 10.1. The summed E-state index contributed by atoms with van der Waals surface area (Å²) in [6.45, 7) is 5.58. The Morgan fingerprint density at radius 2 is 2.35 bits per heavy atom. The van der Waals surface area contributed by atoms with Gasteiger partial charge in [0.1, 0.15) is 0 Å². The van der Waals surface area contributed by atoms with E-state index in [1.165, 1.54) is 6.42 Å². The normalized spacial score (nSPS) is 21.9. The number of rotatable bonds is 2. The number of halogens is 1. The molecule has 3 rings (SSSR count). The van der Waals surface area contributed by atoms with E-state index in [1.54, 1.807) is 0 Å². The molecule has 0 radical (unpaired) electrons. The van der Waals surface area contributed by atoms with Crippen molar-refractivity contribution in [1.29, 1.82) is 0 Å². The molecule has 0 bridgehead atoms. The molecule has 3 nitrogen and oxygen atoms in total. The molecule has 2 heterocycles. The van der Waals surface area contributed by atoms with Gasteiger partial charge in [-0.05, 0) is 52.0 Å². The van der Waals surface area contributed by atoms with Gasteiger partial charge in [0.2, 0.25) is 0 Å². The summed E-state index contributed by atoms with van der Waals surface area (Å²) in [5.74, 6) is 0.721. The fraction of sp³-hybridized carbons (Fsp3) is 0.500. The summed E-state index contributed by atoms with van der Waals surface area (Å²) in [7, 11) is 0. The van der Waals surface area contributed by atoms with Crippen molar-refractivity contribution in [3.63, 3.8) is 0 Å². The van der Waals surface area contributed by atoms with Gasteiger partial charge in [-0.3, -0.25) is 0 Å². The van der Waals surface area contributed by atoms with Crippen LogP contribution in [0.1, 0.15) is 20.3 Å². The number of imidazole rings is 1. The molecule has 1 fully saturated rings. The highest BCUT2D eigenvalue weighted by Crippen LogP contribution is 2.52. The first-order valence-corrected chi connectivity index (χ1v) is 6.91. The summed E-state index contributed by atoms with van der Waals surface area (Å²) in [5.41, 5.74) is 2.43. The molecule has 1 saturated carbocycles. The van der Waals surface area contributed by atoms with Crippen LogP contribution in [0.2, 0.25) is 0 Å². The van der Waals surface area contributed by atoms with Crippen LogP contribution in [0.25, 0.3) is 11.2 Å². The SMILES string of the molecule is CC1(C)CC1Cn1c(=S)[nH]c2cc(Br)cnc21. The van der Waals surface area contributed by atoms with E-state index in [-0.39, 0.29) is 0 Å². The van der Waals surface area contributed by atoms with Crippen LogP contribution in [0.4, 0.5) is 0 Å². The van der Waals surface area contributed by atoms with Crippen LogP contribution in [-0.4, -0.2) is 14.5 Å². The van der Waals surface area contributed by atoms with Crippen molar-refractivity contribution in [2.75, 3.05) is 0 Å². The number of nitrogens with one attached hydrogen (secondary N) is 1. The Hall–Kier alpha value is -0.680. The summed E-state index contributed by atoms with van der Waals surface area (Å²) >= 11 is 8.79. The first kappa shape index (κ1) is 11.4. The molecule has 0 aromatic carbocycles. The summed E-state index contributed by atoms with van der Waals surface area (Å²) in [4.78, 5) is 7.66. The van der Waals surface area contributed by atoms with Crippen molar-refractivity contribution in [3.8, 4) is 0 Å². The van der Waals surface area contributed by atoms with Crippen LogP contribution in [-0.2, 0) is 6.54 Å². The van der Waals surface area contributed by atoms with Crippen LogP contribution in [0.15, 0.2) is 16.7 Å². The van der Waals surface area contributed by atoms with Crippen LogP contribution in [0.5, 0.6) is 0 Å². The maximum absolute atomic E-state index is 5.37. The second-order valence-corrected chi connectivity index (χ2v) is 6.76. The molecular formula is C12H14BrN3S. The molecule has 2 aromatic heterocycles. The molecule has 0 aliphatic heterocycles. The minimum atomic E-state index is 0.466. The zero-order chi connectivity index (χ0) is 12.2. The van der Waals surface area contributed by atoms with Crippen LogP contribution in [0, 0.1) is 16.1 Å². The van der Waals surface area contributed by atoms with Gasteiger partial charge in [-0.2, -0.15) is 0 Å². The second kappa shape index (κ2) is 3.65. The van der Waals surface area contributed by atoms with Crippen LogP contribution < -0.4 is 0 Å². The monoisotopic (exact) mass is 311 g/mol. The minimum Gasteiger partial charge on any atom is -0.329 e. The number of pyridine rings is 1. The van der Waals surface area contributed by atoms with Gasteiger partial charge in [0.05, 0.1) is 5.52 Å². The van der Waals surface area contributed by atoms with Crippen molar-refractivity contribution in [1.82, 2.24) is 14.5 Å². The molecule has 1 atom stereocenters. The van der Waals surface area contributed by atoms with Gasteiger partial charge in [0.15, 0.2) is 10.4 Å². The maximum Gasteiger partial charge on any atom is 0.179 e. The lowest BCUT2D eigenvalue weighted by molar-refractivity contribution is 0.501. The predicted octanol–water partition coefficient (Wildman–Crippen LogP) is 3.90. The van der Waals surface area contributed by atoms with Crippen molar-refractivity contribution in [2.24, 2.45) is 11.3 Å². The fourth-order valence-corrected chi connectivity index (χ4v) is 2.90. The zero-order valence-electron chi connectivity index (χ0n) is 9.83. The smallest absolute Gasteiger partial charge is 0.179 e. The van der Waals surface area contributed by atoms with Crippen molar-refractivity contribution < 1.29 is 0 Å². The average Bonchev–Trinajstić information content (AvgIpc) is 2.71. The van der Waals surface area contributed by atoms with E-state index in [9.17, 15) is 0 Å². The lowest BCUT2D eigenvalue weighted by Gasteiger charge is -2.05. The Bertz CT molecular complexity index is 641. The number of fused-ring (bicyclic) bond motifs is 1. The van der Waals surface area contributed by atoms with Crippen LogP contribution in [0.3, 0.4) is 0 Å². The predicted molar refractivity (Wildman–Crippen MR) is 74.5 cm³/mol. The highest BCUT2D eigenvalue weighted by atomic mass is 79.9. The highest BCUT2D eigenvalue weighted by Gasteiger charge is 2.45. The van der Waals surface area contributed by atoms with Crippen molar-refractivity contribution >= 4 is 39.3 Å². The van der Waals surface area contributed by atoms with Gasteiger partial charge in [-0.25, -0.2) is 4.98 Å². The molecule has 0 amide bonds. The van der Waals surface area contributed by atoms with Gasteiger partial charge < -0.3 is 9.55 Å². The third-order valence-corrected chi connectivity index (χ3v) is 4.45. The van der Waals surface area contributed by atoms with E-state index in [2.05, 4.69) is 44.3 Å². The first-order chi connectivity index (χ1) is 7.97. The molecule has 1 unspecified atom stereocenters. The molecule has 5 heteroatoms. The van der Waals surface area contributed by atoms with Crippen LogP contribution >= 0.6 is 28.1 Å². The third-order valence-electron chi connectivity index (χ3n) is 3.70. The fourth-order valence-electron chi connectivity index (χ4n) is 2.30. The summed E-state index contributed by atoms with van der Waals surface area (Å²) in [5, 5.41) is 0. The molecule has 1 N–H and O–H groups in total. The van der Waals surface area contributed by atoms with Gasteiger partial charge in [-0.1, -0.05) is 13.8 Å². The van der Waals surface area contributed by atoms with E-state index in [1.807, 2.05) is 12.3 Å². The van der Waals surface area contributed by atoms with Gasteiger partial charge in [-0.15, -0.1) is 0 Å². The Labute approximate surface area is 113 Å². The Kier molecular flexibility index (Phi) is 2.45. The minimum absolute atomic E-state index is 0.466. The van der Waals surface area contributed by atoms with E-state index >= 15 is 0 Å². The van der Waals surface area contributed by atoms with E-state index < -0.39 is 0 Å². The number of H-pyrrole nitrogens is 1. The molecule has 0 spiro atoms. The highest BCUT2D eigenvalue weighted by molar-refractivity contribution is 9.10. The Balaban J connectivity index is 2.04. The van der Waals surface area contributed by atoms with Gasteiger partial charge >= 0.3 is 0 Å².